The largest absolute Gasteiger partial charge is 0.322 e. The molecule has 146 valence electrons. The van der Waals surface area contributed by atoms with Crippen molar-refractivity contribution in [1.29, 1.82) is 5.26 Å². The van der Waals surface area contributed by atoms with Gasteiger partial charge in [-0.15, -0.1) is 0 Å². The standard InChI is InChI=1S/C24H18N4O2/c1-16-7-9-17(10-8-16)15-28-22(14-25)27-21-12-11-19(13-20(21)24(28)30)26-23(29)18-5-3-2-4-6-18/h2-13H,15H2,1H3,(H,26,29). The molecule has 0 atom stereocenters. The highest BCUT2D eigenvalue weighted by molar-refractivity contribution is 6.05. The number of carbonyl (C=O) groups excluding carboxylic acids is 1. The zero-order chi connectivity index (χ0) is 21.1. The Balaban J connectivity index is 1.73. The maximum atomic E-state index is 13.1. The van der Waals surface area contributed by atoms with Gasteiger partial charge in [-0.1, -0.05) is 48.0 Å². The number of aryl methyl sites for hydroxylation is 1. The monoisotopic (exact) mass is 394 g/mol. The molecule has 0 saturated heterocycles. The minimum atomic E-state index is -0.326. The quantitative estimate of drug-likeness (QED) is 0.569. The number of fused-ring (bicyclic) bond motifs is 1. The first-order valence-electron chi connectivity index (χ1n) is 9.42. The Kier molecular flexibility index (Phi) is 5.10. The van der Waals surface area contributed by atoms with Crippen LogP contribution in [0, 0.1) is 18.3 Å². The van der Waals surface area contributed by atoms with Gasteiger partial charge in [0.05, 0.1) is 17.4 Å². The molecule has 0 aliphatic rings. The van der Waals surface area contributed by atoms with E-state index < -0.39 is 0 Å². The first-order valence-corrected chi connectivity index (χ1v) is 9.42. The van der Waals surface area contributed by atoms with E-state index >= 15 is 0 Å². The summed E-state index contributed by atoms with van der Waals surface area (Å²) in [6, 6.07) is 23.5. The highest BCUT2D eigenvalue weighted by Gasteiger charge is 2.13. The Morgan fingerprint density at radius 2 is 1.80 bits per heavy atom. The summed E-state index contributed by atoms with van der Waals surface area (Å²) in [7, 11) is 0. The van der Waals surface area contributed by atoms with Crippen LogP contribution >= 0.6 is 0 Å². The molecule has 6 nitrogen and oxygen atoms in total. The van der Waals surface area contributed by atoms with Gasteiger partial charge in [-0.3, -0.25) is 14.2 Å². The van der Waals surface area contributed by atoms with E-state index in [2.05, 4.69) is 10.3 Å². The van der Waals surface area contributed by atoms with Crippen LogP contribution in [0.5, 0.6) is 0 Å². The van der Waals surface area contributed by atoms with Crippen molar-refractivity contribution in [2.75, 3.05) is 5.32 Å². The molecule has 0 fully saturated rings. The van der Waals surface area contributed by atoms with E-state index in [1.165, 1.54) is 4.57 Å². The van der Waals surface area contributed by atoms with E-state index in [9.17, 15) is 14.9 Å². The molecule has 1 amide bonds. The predicted octanol–water partition coefficient (Wildman–Crippen LogP) is 3.88. The van der Waals surface area contributed by atoms with Crippen molar-refractivity contribution < 1.29 is 4.79 Å². The second kappa shape index (κ2) is 8.02. The zero-order valence-corrected chi connectivity index (χ0v) is 16.3. The summed E-state index contributed by atoms with van der Waals surface area (Å²) in [5.74, 6) is -0.217. The second-order valence-corrected chi connectivity index (χ2v) is 6.98. The van der Waals surface area contributed by atoms with Gasteiger partial charge in [0.25, 0.3) is 11.5 Å². The molecule has 0 saturated carbocycles. The van der Waals surface area contributed by atoms with E-state index in [0.717, 1.165) is 11.1 Å². The highest BCUT2D eigenvalue weighted by atomic mass is 16.1. The summed E-state index contributed by atoms with van der Waals surface area (Å²) in [4.78, 5) is 29.9. The van der Waals surface area contributed by atoms with Gasteiger partial charge in [-0.2, -0.15) is 5.26 Å². The Labute approximate surface area is 173 Å². The lowest BCUT2D eigenvalue weighted by Crippen LogP contribution is -2.25. The lowest BCUT2D eigenvalue weighted by Gasteiger charge is -2.11. The Bertz CT molecular complexity index is 1330. The summed E-state index contributed by atoms with van der Waals surface area (Å²) < 4.78 is 1.36. The van der Waals surface area contributed by atoms with Gasteiger partial charge < -0.3 is 5.32 Å². The fraction of sp³-hybridized carbons (Fsp3) is 0.0833. The molecular formula is C24H18N4O2. The van der Waals surface area contributed by atoms with Crippen molar-refractivity contribution in [3.05, 3.63) is 106 Å². The average molecular weight is 394 g/mol. The second-order valence-electron chi connectivity index (χ2n) is 6.98. The maximum Gasteiger partial charge on any atom is 0.262 e. The first-order chi connectivity index (χ1) is 14.5. The summed E-state index contributed by atoms with van der Waals surface area (Å²) in [5, 5.41) is 12.6. The van der Waals surface area contributed by atoms with E-state index in [0.29, 0.717) is 22.2 Å². The lowest BCUT2D eigenvalue weighted by atomic mass is 10.1. The van der Waals surface area contributed by atoms with Gasteiger partial charge in [-0.05, 0) is 42.8 Å². The van der Waals surface area contributed by atoms with Gasteiger partial charge in [0, 0.05) is 11.3 Å². The number of aromatic nitrogens is 2. The predicted molar refractivity (Wildman–Crippen MR) is 115 cm³/mol. The van der Waals surface area contributed by atoms with Crippen LogP contribution in [-0.4, -0.2) is 15.5 Å². The number of hydrogen-bond donors (Lipinski definition) is 1. The van der Waals surface area contributed by atoms with E-state index in [-0.39, 0.29) is 23.8 Å². The van der Waals surface area contributed by atoms with Crippen LogP contribution in [0.2, 0.25) is 0 Å². The van der Waals surface area contributed by atoms with Crippen LogP contribution in [-0.2, 0) is 6.54 Å². The first kappa shape index (κ1) is 19.1. The van der Waals surface area contributed by atoms with Gasteiger partial charge >= 0.3 is 0 Å². The molecule has 6 heteroatoms. The maximum absolute atomic E-state index is 13.1. The molecule has 0 unspecified atom stereocenters. The Morgan fingerprint density at radius 1 is 1.07 bits per heavy atom. The fourth-order valence-electron chi connectivity index (χ4n) is 3.20. The number of anilines is 1. The van der Waals surface area contributed by atoms with Crippen molar-refractivity contribution in [3.8, 4) is 6.07 Å². The summed E-state index contributed by atoms with van der Waals surface area (Å²) in [6.45, 7) is 2.23. The molecule has 1 heterocycles. The molecule has 0 aliphatic heterocycles. The normalized spacial score (nSPS) is 10.5. The topological polar surface area (TPSA) is 87.8 Å². The minimum Gasteiger partial charge on any atom is -0.322 e. The number of rotatable bonds is 4. The van der Waals surface area contributed by atoms with E-state index in [1.54, 1.807) is 42.5 Å². The van der Waals surface area contributed by atoms with E-state index in [4.69, 9.17) is 0 Å². The third-order valence-electron chi connectivity index (χ3n) is 4.81. The SMILES string of the molecule is Cc1ccc(Cn2c(C#N)nc3ccc(NC(=O)c4ccccc4)cc3c2=O)cc1. The summed E-state index contributed by atoms with van der Waals surface area (Å²) in [6.07, 6.45) is 0. The van der Waals surface area contributed by atoms with Crippen LogP contribution in [0.25, 0.3) is 10.9 Å². The third kappa shape index (κ3) is 3.82. The molecule has 0 aliphatic carbocycles. The molecular weight excluding hydrogens is 376 g/mol. The third-order valence-corrected chi connectivity index (χ3v) is 4.81. The smallest absolute Gasteiger partial charge is 0.262 e. The molecule has 0 spiro atoms. The number of nitrogens with zero attached hydrogens (tertiary/aromatic N) is 3. The summed E-state index contributed by atoms with van der Waals surface area (Å²) >= 11 is 0. The number of carbonyl (C=O) groups is 1. The van der Waals surface area contributed by atoms with Crippen molar-refractivity contribution >= 4 is 22.5 Å². The van der Waals surface area contributed by atoms with Gasteiger partial charge in [-0.25, -0.2) is 4.98 Å². The number of benzene rings is 3. The van der Waals surface area contributed by atoms with Crippen molar-refractivity contribution in [2.45, 2.75) is 13.5 Å². The molecule has 3 aromatic carbocycles. The van der Waals surface area contributed by atoms with Crippen molar-refractivity contribution in [2.24, 2.45) is 0 Å². The molecule has 30 heavy (non-hydrogen) atoms. The molecule has 4 aromatic rings. The fourth-order valence-corrected chi connectivity index (χ4v) is 3.20. The van der Waals surface area contributed by atoms with Crippen LogP contribution in [0.1, 0.15) is 27.3 Å². The highest BCUT2D eigenvalue weighted by Crippen LogP contribution is 2.17. The van der Waals surface area contributed by atoms with Crippen molar-refractivity contribution in [1.82, 2.24) is 9.55 Å². The van der Waals surface area contributed by atoms with Crippen LogP contribution in [0.3, 0.4) is 0 Å². The Morgan fingerprint density at radius 3 is 2.50 bits per heavy atom. The average Bonchev–Trinajstić information content (AvgIpc) is 2.78. The van der Waals surface area contributed by atoms with Crippen LogP contribution in [0.15, 0.2) is 77.6 Å². The molecule has 0 bridgehead atoms. The van der Waals surface area contributed by atoms with E-state index in [1.807, 2.05) is 43.3 Å². The minimum absolute atomic E-state index is 0.0501. The lowest BCUT2D eigenvalue weighted by molar-refractivity contribution is 0.102. The zero-order valence-electron chi connectivity index (χ0n) is 16.3. The van der Waals surface area contributed by atoms with Crippen LogP contribution < -0.4 is 10.9 Å². The molecule has 0 radical (unpaired) electrons. The van der Waals surface area contributed by atoms with Gasteiger partial charge in [0.2, 0.25) is 5.82 Å². The molecule has 1 aromatic heterocycles. The summed E-state index contributed by atoms with van der Waals surface area (Å²) in [5.41, 5.74) is 3.10. The molecule has 4 rings (SSSR count). The molecule has 1 N–H and O–H groups in total. The number of nitrogens with one attached hydrogen (secondary N) is 1. The number of hydrogen-bond acceptors (Lipinski definition) is 4. The Hall–Kier alpha value is -4.24. The number of nitriles is 1. The number of amides is 1. The van der Waals surface area contributed by atoms with Crippen LogP contribution in [0.4, 0.5) is 5.69 Å². The van der Waals surface area contributed by atoms with Gasteiger partial charge in [0.1, 0.15) is 6.07 Å². The van der Waals surface area contributed by atoms with Crippen molar-refractivity contribution in [3.63, 3.8) is 0 Å². The van der Waals surface area contributed by atoms with Gasteiger partial charge in [0.15, 0.2) is 0 Å².